The lowest BCUT2D eigenvalue weighted by Gasteiger charge is -2.33. The SMILES string of the molecule is CCCC(C)(CCOCC)CNC(C)(C)C. The molecule has 1 unspecified atom stereocenters. The van der Waals surface area contributed by atoms with Gasteiger partial charge in [-0.05, 0) is 46.0 Å². The van der Waals surface area contributed by atoms with Crippen LogP contribution in [0, 0.1) is 5.41 Å². The van der Waals surface area contributed by atoms with E-state index in [0.717, 1.165) is 26.2 Å². The highest BCUT2D eigenvalue weighted by Crippen LogP contribution is 2.27. The zero-order valence-electron chi connectivity index (χ0n) is 12.2. The summed E-state index contributed by atoms with van der Waals surface area (Å²) in [7, 11) is 0. The van der Waals surface area contributed by atoms with Crippen LogP contribution < -0.4 is 5.32 Å². The third kappa shape index (κ3) is 8.12. The van der Waals surface area contributed by atoms with Gasteiger partial charge >= 0.3 is 0 Å². The molecular weight excluding hydrogens is 198 g/mol. The van der Waals surface area contributed by atoms with E-state index in [0.29, 0.717) is 5.41 Å². The molecule has 0 amide bonds. The number of hydrogen-bond donors (Lipinski definition) is 1. The van der Waals surface area contributed by atoms with E-state index in [1.165, 1.54) is 12.8 Å². The van der Waals surface area contributed by atoms with Crippen molar-refractivity contribution >= 4 is 0 Å². The van der Waals surface area contributed by atoms with Crippen LogP contribution in [0.25, 0.3) is 0 Å². The fourth-order valence-corrected chi connectivity index (χ4v) is 1.85. The van der Waals surface area contributed by atoms with E-state index in [-0.39, 0.29) is 5.54 Å². The molecule has 16 heavy (non-hydrogen) atoms. The molecule has 0 aromatic carbocycles. The Bertz CT molecular complexity index is 174. The minimum atomic E-state index is 0.209. The molecule has 0 bridgehead atoms. The topological polar surface area (TPSA) is 21.3 Å². The van der Waals surface area contributed by atoms with Gasteiger partial charge in [0.05, 0.1) is 0 Å². The molecule has 0 fully saturated rings. The number of ether oxygens (including phenoxy) is 1. The lowest BCUT2D eigenvalue weighted by atomic mass is 9.82. The fraction of sp³-hybridized carbons (Fsp3) is 1.00. The summed E-state index contributed by atoms with van der Waals surface area (Å²) in [6, 6.07) is 0. The molecular formula is C14H31NO. The maximum atomic E-state index is 5.48. The molecule has 98 valence electrons. The first-order valence-corrected chi connectivity index (χ1v) is 6.66. The lowest BCUT2D eigenvalue weighted by Crippen LogP contribution is -2.43. The molecule has 0 aromatic rings. The van der Waals surface area contributed by atoms with E-state index in [1.54, 1.807) is 0 Å². The Morgan fingerprint density at radius 1 is 1.00 bits per heavy atom. The second-order valence-corrected chi connectivity index (χ2v) is 6.11. The smallest absolute Gasteiger partial charge is 0.0471 e. The zero-order valence-corrected chi connectivity index (χ0v) is 12.2. The van der Waals surface area contributed by atoms with E-state index < -0.39 is 0 Å². The maximum Gasteiger partial charge on any atom is 0.0471 e. The Morgan fingerprint density at radius 2 is 1.62 bits per heavy atom. The second kappa shape index (κ2) is 7.29. The second-order valence-electron chi connectivity index (χ2n) is 6.11. The fourth-order valence-electron chi connectivity index (χ4n) is 1.85. The normalized spacial score (nSPS) is 16.1. The van der Waals surface area contributed by atoms with Gasteiger partial charge in [0.15, 0.2) is 0 Å². The molecule has 2 nitrogen and oxygen atoms in total. The summed E-state index contributed by atoms with van der Waals surface area (Å²) in [6.45, 7) is 16.2. The summed E-state index contributed by atoms with van der Waals surface area (Å²) in [5.41, 5.74) is 0.581. The Hall–Kier alpha value is -0.0800. The van der Waals surface area contributed by atoms with E-state index in [4.69, 9.17) is 4.74 Å². The standard InChI is InChI=1S/C14H31NO/c1-7-9-14(6,10-11-16-8-2)12-15-13(3,4)5/h15H,7-12H2,1-6H3. The molecule has 0 aliphatic carbocycles. The van der Waals surface area contributed by atoms with Crippen molar-refractivity contribution in [2.75, 3.05) is 19.8 Å². The van der Waals surface area contributed by atoms with Crippen LogP contribution in [0.2, 0.25) is 0 Å². The van der Waals surface area contributed by atoms with Gasteiger partial charge in [0.1, 0.15) is 0 Å². The highest BCUT2D eigenvalue weighted by Gasteiger charge is 2.24. The van der Waals surface area contributed by atoms with Crippen LogP contribution in [-0.4, -0.2) is 25.3 Å². The molecule has 0 aliphatic heterocycles. The van der Waals surface area contributed by atoms with Gasteiger partial charge in [-0.2, -0.15) is 0 Å². The van der Waals surface area contributed by atoms with Gasteiger partial charge < -0.3 is 10.1 Å². The summed E-state index contributed by atoms with van der Waals surface area (Å²) in [5.74, 6) is 0. The number of hydrogen-bond acceptors (Lipinski definition) is 2. The third-order valence-electron chi connectivity index (χ3n) is 2.95. The first-order chi connectivity index (χ1) is 7.33. The molecule has 0 rings (SSSR count). The van der Waals surface area contributed by atoms with Crippen LogP contribution in [0.1, 0.15) is 60.8 Å². The molecule has 2 heteroatoms. The van der Waals surface area contributed by atoms with Crippen LogP contribution in [0.4, 0.5) is 0 Å². The van der Waals surface area contributed by atoms with Crippen LogP contribution in [0.5, 0.6) is 0 Å². The molecule has 1 atom stereocenters. The minimum Gasteiger partial charge on any atom is -0.382 e. The van der Waals surface area contributed by atoms with Gasteiger partial charge in [0.2, 0.25) is 0 Å². The van der Waals surface area contributed by atoms with Crippen molar-refractivity contribution in [2.24, 2.45) is 5.41 Å². The molecule has 0 aliphatic rings. The molecule has 0 saturated carbocycles. The van der Waals surface area contributed by atoms with Crippen LogP contribution >= 0.6 is 0 Å². The summed E-state index contributed by atoms with van der Waals surface area (Å²) in [4.78, 5) is 0. The van der Waals surface area contributed by atoms with Crippen molar-refractivity contribution in [3.8, 4) is 0 Å². The van der Waals surface area contributed by atoms with E-state index in [9.17, 15) is 0 Å². The van der Waals surface area contributed by atoms with Gasteiger partial charge in [-0.1, -0.05) is 20.3 Å². The van der Waals surface area contributed by atoms with Gasteiger partial charge in [-0.3, -0.25) is 0 Å². The number of rotatable bonds is 8. The van der Waals surface area contributed by atoms with E-state index in [2.05, 4.69) is 46.9 Å². The molecule has 0 aromatic heterocycles. The van der Waals surface area contributed by atoms with E-state index >= 15 is 0 Å². The molecule has 1 N–H and O–H groups in total. The molecule has 0 heterocycles. The summed E-state index contributed by atoms with van der Waals surface area (Å²) in [6.07, 6.45) is 3.66. The molecule has 0 radical (unpaired) electrons. The first kappa shape index (κ1) is 15.9. The highest BCUT2D eigenvalue weighted by atomic mass is 16.5. The predicted octanol–water partition coefficient (Wildman–Crippen LogP) is 3.61. The Kier molecular flexibility index (Phi) is 7.25. The maximum absolute atomic E-state index is 5.48. The van der Waals surface area contributed by atoms with E-state index in [1.807, 2.05) is 0 Å². The Morgan fingerprint density at radius 3 is 2.06 bits per heavy atom. The Labute approximate surface area is 102 Å². The summed E-state index contributed by atoms with van der Waals surface area (Å²) < 4.78 is 5.48. The van der Waals surface area contributed by atoms with Gasteiger partial charge in [-0.15, -0.1) is 0 Å². The summed E-state index contributed by atoms with van der Waals surface area (Å²) in [5, 5.41) is 3.62. The Balaban J connectivity index is 4.10. The lowest BCUT2D eigenvalue weighted by molar-refractivity contribution is 0.100. The largest absolute Gasteiger partial charge is 0.382 e. The van der Waals surface area contributed by atoms with Crippen molar-refractivity contribution in [1.82, 2.24) is 5.32 Å². The van der Waals surface area contributed by atoms with Crippen molar-refractivity contribution in [1.29, 1.82) is 0 Å². The van der Waals surface area contributed by atoms with Crippen molar-refractivity contribution in [2.45, 2.75) is 66.3 Å². The predicted molar refractivity (Wildman–Crippen MR) is 71.9 cm³/mol. The van der Waals surface area contributed by atoms with Crippen molar-refractivity contribution < 1.29 is 4.74 Å². The number of nitrogens with one attached hydrogen (secondary N) is 1. The van der Waals surface area contributed by atoms with Crippen LogP contribution in [-0.2, 0) is 4.74 Å². The van der Waals surface area contributed by atoms with Gasteiger partial charge in [0.25, 0.3) is 0 Å². The third-order valence-corrected chi connectivity index (χ3v) is 2.95. The molecule has 0 spiro atoms. The molecule has 0 saturated heterocycles. The first-order valence-electron chi connectivity index (χ1n) is 6.66. The van der Waals surface area contributed by atoms with Crippen molar-refractivity contribution in [3.63, 3.8) is 0 Å². The van der Waals surface area contributed by atoms with Crippen molar-refractivity contribution in [3.05, 3.63) is 0 Å². The van der Waals surface area contributed by atoms with Crippen LogP contribution in [0.15, 0.2) is 0 Å². The highest BCUT2D eigenvalue weighted by molar-refractivity contribution is 4.81. The average Bonchev–Trinajstić information content (AvgIpc) is 2.15. The van der Waals surface area contributed by atoms with Crippen LogP contribution in [0.3, 0.4) is 0 Å². The zero-order chi connectivity index (χ0) is 12.7. The quantitative estimate of drug-likeness (QED) is 0.642. The average molecular weight is 229 g/mol. The monoisotopic (exact) mass is 229 g/mol. The van der Waals surface area contributed by atoms with Gasteiger partial charge in [0, 0.05) is 25.3 Å². The van der Waals surface area contributed by atoms with Gasteiger partial charge in [-0.25, -0.2) is 0 Å². The summed E-state index contributed by atoms with van der Waals surface area (Å²) >= 11 is 0. The minimum absolute atomic E-state index is 0.209.